The van der Waals surface area contributed by atoms with E-state index in [0.29, 0.717) is 0 Å². The quantitative estimate of drug-likeness (QED) is 0.152. The molecule has 0 aliphatic heterocycles. The summed E-state index contributed by atoms with van der Waals surface area (Å²) in [4.78, 5) is 31.4. The van der Waals surface area contributed by atoms with Crippen LogP contribution < -0.4 is 15.3 Å². The van der Waals surface area contributed by atoms with E-state index < -0.39 is 17.9 Å². The first kappa shape index (κ1) is 40.4. The fourth-order valence-electron chi connectivity index (χ4n) is 2.16. The van der Waals surface area contributed by atoms with Crippen molar-refractivity contribution in [3.63, 3.8) is 0 Å². The zero-order chi connectivity index (χ0) is 30.5. The molecule has 2 radical (unpaired) electrons. The van der Waals surface area contributed by atoms with Crippen LogP contribution in [-0.2, 0) is 0 Å². The van der Waals surface area contributed by atoms with Gasteiger partial charge in [-0.05, 0) is 18.2 Å². The summed E-state index contributed by atoms with van der Waals surface area (Å²) in [6.07, 6.45) is 0. The number of rotatable bonds is 3. The largest absolute Gasteiger partial charge is 3.00 e. The number of benzene rings is 3. The molecular weight excluding hydrogens is 895 g/mol. The molecular formula is C21H3Cl12O6Sb. The van der Waals surface area contributed by atoms with Crippen molar-refractivity contribution < 1.29 is 29.7 Å². The second-order valence-corrected chi connectivity index (χ2v) is 11.0. The van der Waals surface area contributed by atoms with Gasteiger partial charge in [0.05, 0.1) is 78.2 Å². The molecule has 0 amide bonds. The van der Waals surface area contributed by atoms with E-state index in [2.05, 4.69) is 0 Å². The Labute approximate surface area is 303 Å². The van der Waals surface area contributed by atoms with Gasteiger partial charge in [0.25, 0.3) is 0 Å². The summed E-state index contributed by atoms with van der Waals surface area (Å²) in [5.74, 6) is -4.36. The van der Waals surface area contributed by atoms with Crippen molar-refractivity contribution >= 4 is 182 Å². The molecule has 0 atom stereocenters. The molecule has 40 heavy (non-hydrogen) atoms. The number of carboxylic acid groups (broad SMARTS) is 3. The van der Waals surface area contributed by atoms with E-state index in [1.54, 1.807) is 0 Å². The van der Waals surface area contributed by atoms with Gasteiger partial charge in [-0.3, -0.25) is 0 Å². The Bertz CT molecular complexity index is 1310. The zero-order valence-electron chi connectivity index (χ0n) is 18.2. The SMILES string of the molecule is O=C([O-])c1cc(Cl)c(Cl)c(Cl)c1Cl.O=C([O-])c1cc(Cl)c(Cl)c(Cl)c1Cl.O=C([O-])c1cc(Cl)c(Cl)c(Cl)c1Cl.[Sb+3]. The number of carbonyl (C=O) groups excluding carboxylic acids is 3. The minimum atomic E-state index is -1.45. The average Bonchev–Trinajstić information content (AvgIpc) is 2.86. The van der Waals surface area contributed by atoms with Gasteiger partial charge in [0.15, 0.2) is 0 Å². The van der Waals surface area contributed by atoms with E-state index >= 15 is 0 Å². The molecule has 3 rings (SSSR count). The van der Waals surface area contributed by atoms with Crippen LogP contribution in [0, 0.1) is 0 Å². The Morgan fingerprint density at radius 2 is 0.550 bits per heavy atom. The van der Waals surface area contributed by atoms with Crippen LogP contribution in [0.3, 0.4) is 0 Å². The first-order valence-corrected chi connectivity index (χ1v) is 13.5. The van der Waals surface area contributed by atoms with E-state index in [4.69, 9.17) is 139 Å². The molecule has 0 bridgehead atoms. The topological polar surface area (TPSA) is 120 Å². The normalized spacial score (nSPS) is 9.90. The number of carboxylic acids is 3. The molecule has 0 saturated heterocycles. The van der Waals surface area contributed by atoms with Crippen LogP contribution in [0.25, 0.3) is 0 Å². The molecule has 0 unspecified atom stereocenters. The van der Waals surface area contributed by atoms with Gasteiger partial charge in [0.1, 0.15) is 0 Å². The summed E-state index contributed by atoms with van der Waals surface area (Å²) in [6.45, 7) is 0. The summed E-state index contributed by atoms with van der Waals surface area (Å²) in [5, 5.41) is 30.8. The zero-order valence-corrected chi connectivity index (χ0v) is 29.8. The predicted molar refractivity (Wildman–Crippen MR) is 158 cm³/mol. The molecule has 0 saturated carbocycles. The number of halogens is 12. The van der Waals surface area contributed by atoms with Gasteiger partial charge in [-0.1, -0.05) is 139 Å². The Morgan fingerprint density at radius 1 is 0.375 bits per heavy atom. The molecule has 0 aliphatic carbocycles. The first-order valence-electron chi connectivity index (χ1n) is 8.97. The van der Waals surface area contributed by atoms with Crippen LogP contribution in [0.4, 0.5) is 0 Å². The number of aromatic carboxylic acids is 3. The number of hydrogen-bond donors (Lipinski definition) is 0. The molecule has 0 spiro atoms. The van der Waals surface area contributed by atoms with Crippen LogP contribution in [0.2, 0.25) is 60.3 Å². The molecule has 3 aromatic rings. The predicted octanol–water partition coefficient (Wildman–Crippen LogP) is 7.61. The first-order chi connectivity index (χ1) is 17.8. The van der Waals surface area contributed by atoms with Gasteiger partial charge < -0.3 is 29.7 Å². The summed E-state index contributed by atoms with van der Waals surface area (Å²) in [6, 6.07) is 3.27. The fraction of sp³-hybridized carbons (Fsp3) is 0. The van der Waals surface area contributed by atoms with Crippen LogP contribution in [0.1, 0.15) is 31.1 Å². The smallest absolute Gasteiger partial charge is 0.545 e. The second-order valence-electron chi connectivity index (χ2n) is 6.41. The molecule has 3 aromatic carbocycles. The molecule has 0 aliphatic rings. The fourth-order valence-corrected chi connectivity index (χ4v) is 4.80. The number of hydrogen-bond acceptors (Lipinski definition) is 6. The monoisotopic (exact) mass is 892 g/mol. The minimum Gasteiger partial charge on any atom is -0.545 e. The third-order valence-electron chi connectivity index (χ3n) is 3.97. The molecule has 0 aromatic heterocycles. The van der Waals surface area contributed by atoms with Gasteiger partial charge in [-0.2, -0.15) is 0 Å². The van der Waals surface area contributed by atoms with Crippen molar-refractivity contribution in [3.8, 4) is 0 Å². The van der Waals surface area contributed by atoms with Gasteiger partial charge in [-0.15, -0.1) is 0 Å². The van der Waals surface area contributed by atoms with E-state index in [1.807, 2.05) is 0 Å². The van der Waals surface area contributed by atoms with E-state index in [0.717, 1.165) is 18.2 Å². The maximum absolute atomic E-state index is 10.5. The second kappa shape index (κ2) is 17.6. The van der Waals surface area contributed by atoms with Crippen molar-refractivity contribution in [3.05, 3.63) is 95.2 Å². The number of carbonyl (C=O) groups is 3. The summed E-state index contributed by atoms with van der Waals surface area (Å²) < 4.78 is 0. The summed E-state index contributed by atoms with van der Waals surface area (Å²) in [5.41, 5.74) is -0.830. The standard InChI is InChI=1S/3C7H2Cl4O2.Sb/c3*8-3-1-2(7(12)13)4(9)6(11)5(3)10;/h3*1H,(H,12,13);/q;;;+3/p-3. The van der Waals surface area contributed by atoms with Crippen LogP contribution in [0.15, 0.2) is 18.2 Å². The average molecular weight is 898 g/mol. The maximum atomic E-state index is 10.5. The Kier molecular flexibility index (Phi) is 17.8. The third kappa shape index (κ3) is 10.2. The van der Waals surface area contributed by atoms with Gasteiger partial charge >= 0.3 is 24.4 Å². The molecule has 6 nitrogen and oxygen atoms in total. The molecule has 19 heteroatoms. The van der Waals surface area contributed by atoms with Crippen LogP contribution >= 0.6 is 139 Å². The van der Waals surface area contributed by atoms with Crippen LogP contribution in [0.5, 0.6) is 0 Å². The Morgan fingerprint density at radius 3 is 0.700 bits per heavy atom. The summed E-state index contributed by atoms with van der Waals surface area (Å²) in [7, 11) is 0. The third-order valence-corrected chi connectivity index (χ3v) is 9.22. The maximum Gasteiger partial charge on any atom is 3.00 e. The van der Waals surface area contributed by atoms with Gasteiger partial charge in [-0.25, -0.2) is 0 Å². The van der Waals surface area contributed by atoms with Crippen molar-refractivity contribution in [1.82, 2.24) is 0 Å². The van der Waals surface area contributed by atoms with Crippen molar-refractivity contribution in [2.24, 2.45) is 0 Å². The molecule has 0 fully saturated rings. The Hall–Kier alpha value is 0.368. The van der Waals surface area contributed by atoms with Gasteiger partial charge in [0.2, 0.25) is 0 Å². The van der Waals surface area contributed by atoms with E-state index in [-0.39, 0.29) is 101 Å². The van der Waals surface area contributed by atoms with E-state index in [9.17, 15) is 29.7 Å². The molecule has 0 heterocycles. The van der Waals surface area contributed by atoms with Crippen molar-refractivity contribution in [1.29, 1.82) is 0 Å². The van der Waals surface area contributed by atoms with Crippen molar-refractivity contribution in [2.45, 2.75) is 0 Å². The molecule has 212 valence electrons. The minimum absolute atomic E-state index is 0. The van der Waals surface area contributed by atoms with Crippen molar-refractivity contribution in [2.75, 3.05) is 0 Å². The van der Waals surface area contributed by atoms with Crippen LogP contribution in [-0.4, -0.2) is 42.3 Å². The van der Waals surface area contributed by atoms with Gasteiger partial charge in [0, 0.05) is 16.7 Å². The molecule has 0 N–H and O–H groups in total. The van der Waals surface area contributed by atoms with E-state index in [1.165, 1.54) is 0 Å². The summed E-state index contributed by atoms with van der Waals surface area (Å²) >= 11 is 67.0. The Balaban J connectivity index is 0.000000563.